The Labute approximate surface area is 202 Å². The SMILES string of the molecule is CCNC(=NCc1ccc(F)c(COC)c1)N1CCC(COCc2ccccc2)C1.I. The number of hydrogen-bond donors (Lipinski definition) is 1. The third kappa shape index (κ3) is 8.05. The fourth-order valence-electron chi connectivity index (χ4n) is 3.66. The highest BCUT2D eigenvalue weighted by atomic mass is 127. The second-order valence-electron chi connectivity index (χ2n) is 7.63. The van der Waals surface area contributed by atoms with E-state index in [1.807, 2.05) is 24.3 Å². The van der Waals surface area contributed by atoms with E-state index in [0.717, 1.165) is 44.2 Å². The van der Waals surface area contributed by atoms with Crippen molar-refractivity contribution in [2.75, 3.05) is 33.4 Å². The minimum Gasteiger partial charge on any atom is -0.380 e. The predicted octanol–water partition coefficient (Wildman–Crippen LogP) is 4.59. The van der Waals surface area contributed by atoms with E-state index in [0.29, 0.717) is 24.6 Å². The average Bonchev–Trinajstić information content (AvgIpc) is 3.23. The van der Waals surface area contributed by atoms with Gasteiger partial charge in [0.05, 0.1) is 26.4 Å². The molecule has 1 saturated heterocycles. The van der Waals surface area contributed by atoms with Crippen LogP contribution in [0.1, 0.15) is 30.0 Å². The number of halogens is 2. The van der Waals surface area contributed by atoms with Crippen molar-refractivity contribution in [3.63, 3.8) is 0 Å². The number of guanidine groups is 1. The largest absolute Gasteiger partial charge is 0.380 e. The Kier molecular flexibility index (Phi) is 11.2. The number of methoxy groups -OCH3 is 1. The maximum absolute atomic E-state index is 13.8. The smallest absolute Gasteiger partial charge is 0.194 e. The monoisotopic (exact) mass is 541 g/mol. The van der Waals surface area contributed by atoms with Crippen LogP contribution in [-0.2, 0) is 29.2 Å². The Hall–Kier alpha value is -1.71. The first-order valence-corrected chi connectivity index (χ1v) is 10.6. The molecule has 0 amide bonds. The summed E-state index contributed by atoms with van der Waals surface area (Å²) in [5.74, 6) is 1.16. The lowest BCUT2D eigenvalue weighted by molar-refractivity contribution is 0.0906. The van der Waals surface area contributed by atoms with Gasteiger partial charge in [-0.2, -0.15) is 0 Å². The van der Waals surface area contributed by atoms with Crippen molar-refractivity contribution < 1.29 is 13.9 Å². The summed E-state index contributed by atoms with van der Waals surface area (Å²) in [6.45, 7) is 6.94. The fraction of sp³-hybridized carbons (Fsp3) is 0.458. The molecule has 5 nitrogen and oxygen atoms in total. The van der Waals surface area contributed by atoms with Crippen LogP contribution in [0.4, 0.5) is 4.39 Å². The van der Waals surface area contributed by atoms with Crippen LogP contribution in [0.5, 0.6) is 0 Å². The van der Waals surface area contributed by atoms with Crippen LogP contribution in [0.15, 0.2) is 53.5 Å². The molecular formula is C24H33FIN3O2. The third-order valence-corrected chi connectivity index (χ3v) is 5.21. The molecule has 7 heteroatoms. The van der Waals surface area contributed by atoms with E-state index in [4.69, 9.17) is 14.5 Å². The first-order valence-electron chi connectivity index (χ1n) is 10.6. The molecule has 1 aliphatic rings. The minimum atomic E-state index is -0.241. The summed E-state index contributed by atoms with van der Waals surface area (Å²) in [4.78, 5) is 7.08. The zero-order valence-corrected chi connectivity index (χ0v) is 20.7. The van der Waals surface area contributed by atoms with Gasteiger partial charge in [-0.25, -0.2) is 9.38 Å². The number of benzene rings is 2. The van der Waals surface area contributed by atoms with E-state index in [-0.39, 0.29) is 36.4 Å². The first kappa shape index (κ1) is 25.5. The lowest BCUT2D eigenvalue weighted by atomic mass is 10.1. The molecule has 2 aromatic carbocycles. The van der Waals surface area contributed by atoms with Crippen molar-refractivity contribution in [3.8, 4) is 0 Å². The van der Waals surface area contributed by atoms with Crippen LogP contribution in [0.3, 0.4) is 0 Å². The molecule has 3 rings (SSSR count). The summed E-state index contributed by atoms with van der Waals surface area (Å²) in [7, 11) is 1.57. The van der Waals surface area contributed by atoms with E-state index in [1.54, 1.807) is 13.2 Å². The van der Waals surface area contributed by atoms with Crippen LogP contribution in [0, 0.1) is 11.7 Å². The number of hydrogen-bond acceptors (Lipinski definition) is 3. The molecule has 0 radical (unpaired) electrons. The third-order valence-electron chi connectivity index (χ3n) is 5.21. The second-order valence-corrected chi connectivity index (χ2v) is 7.63. The van der Waals surface area contributed by atoms with Gasteiger partial charge in [-0.1, -0.05) is 36.4 Å². The van der Waals surface area contributed by atoms with Crippen LogP contribution in [0.25, 0.3) is 0 Å². The molecule has 0 spiro atoms. The lowest BCUT2D eigenvalue weighted by Gasteiger charge is -2.22. The van der Waals surface area contributed by atoms with Gasteiger partial charge in [0.2, 0.25) is 0 Å². The highest BCUT2D eigenvalue weighted by Gasteiger charge is 2.25. The van der Waals surface area contributed by atoms with E-state index >= 15 is 0 Å². The molecule has 0 aliphatic carbocycles. The molecule has 1 aliphatic heterocycles. The van der Waals surface area contributed by atoms with Crippen molar-refractivity contribution in [1.82, 2.24) is 10.2 Å². The molecule has 1 N–H and O–H groups in total. The van der Waals surface area contributed by atoms with Gasteiger partial charge in [0.25, 0.3) is 0 Å². The zero-order chi connectivity index (χ0) is 21.2. The summed E-state index contributed by atoms with van der Waals surface area (Å²) >= 11 is 0. The topological polar surface area (TPSA) is 46.1 Å². The Morgan fingerprint density at radius 3 is 2.71 bits per heavy atom. The molecule has 1 fully saturated rings. The molecule has 0 saturated carbocycles. The highest BCUT2D eigenvalue weighted by molar-refractivity contribution is 14.0. The number of rotatable bonds is 9. The molecule has 1 unspecified atom stereocenters. The van der Waals surface area contributed by atoms with Gasteiger partial charge in [-0.05, 0) is 36.6 Å². The van der Waals surface area contributed by atoms with Gasteiger partial charge in [0, 0.05) is 38.2 Å². The van der Waals surface area contributed by atoms with Crippen LogP contribution < -0.4 is 5.32 Å². The lowest BCUT2D eigenvalue weighted by Crippen LogP contribution is -2.40. The molecule has 0 bridgehead atoms. The molecule has 1 heterocycles. The van der Waals surface area contributed by atoms with Crippen LogP contribution in [-0.4, -0.2) is 44.2 Å². The van der Waals surface area contributed by atoms with E-state index in [2.05, 4.69) is 29.3 Å². The standard InChI is InChI=1S/C24H32FN3O2.HI/c1-3-26-24(27-14-20-9-10-23(25)22(13-20)18-29-2)28-12-11-21(15-28)17-30-16-19-7-5-4-6-8-19;/h4-10,13,21H,3,11-12,14-18H2,1-2H3,(H,26,27);1H. The molecule has 31 heavy (non-hydrogen) atoms. The summed E-state index contributed by atoms with van der Waals surface area (Å²) in [5.41, 5.74) is 2.74. The highest BCUT2D eigenvalue weighted by Crippen LogP contribution is 2.18. The summed E-state index contributed by atoms with van der Waals surface area (Å²) in [5, 5.41) is 3.38. The number of nitrogens with zero attached hydrogens (tertiary/aromatic N) is 2. The van der Waals surface area contributed by atoms with Crippen molar-refractivity contribution in [1.29, 1.82) is 0 Å². The van der Waals surface area contributed by atoms with Gasteiger partial charge in [-0.15, -0.1) is 24.0 Å². The normalized spacial score (nSPS) is 16.3. The first-order chi connectivity index (χ1) is 14.7. The summed E-state index contributed by atoms with van der Waals surface area (Å²) in [6, 6.07) is 15.4. The number of aliphatic imine (C=N–C) groups is 1. The van der Waals surface area contributed by atoms with Crippen molar-refractivity contribution in [2.24, 2.45) is 10.9 Å². The van der Waals surface area contributed by atoms with E-state index in [1.165, 1.54) is 11.6 Å². The zero-order valence-electron chi connectivity index (χ0n) is 18.4. The maximum Gasteiger partial charge on any atom is 0.194 e. The molecule has 0 aromatic heterocycles. The molecule has 170 valence electrons. The molecular weight excluding hydrogens is 508 g/mol. The van der Waals surface area contributed by atoms with Crippen molar-refractivity contribution in [2.45, 2.75) is 33.1 Å². The summed E-state index contributed by atoms with van der Waals surface area (Å²) in [6.07, 6.45) is 1.09. The summed E-state index contributed by atoms with van der Waals surface area (Å²) < 4.78 is 24.8. The van der Waals surface area contributed by atoms with Gasteiger partial charge in [0.1, 0.15) is 5.82 Å². The number of nitrogens with one attached hydrogen (secondary N) is 1. The quantitative estimate of drug-likeness (QED) is 0.287. The Bertz CT molecular complexity index is 820. The Morgan fingerprint density at radius 1 is 1.16 bits per heavy atom. The van der Waals surface area contributed by atoms with E-state index in [9.17, 15) is 4.39 Å². The van der Waals surface area contributed by atoms with Gasteiger partial charge in [0.15, 0.2) is 5.96 Å². The van der Waals surface area contributed by atoms with E-state index < -0.39 is 0 Å². The number of likely N-dealkylation sites (tertiary alicyclic amines) is 1. The predicted molar refractivity (Wildman–Crippen MR) is 133 cm³/mol. The van der Waals surface area contributed by atoms with Gasteiger partial charge < -0.3 is 19.7 Å². The van der Waals surface area contributed by atoms with Crippen LogP contribution in [0.2, 0.25) is 0 Å². The van der Waals surface area contributed by atoms with Crippen LogP contribution >= 0.6 is 24.0 Å². The Morgan fingerprint density at radius 2 is 1.97 bits per heavy atom. The van der Waals surface area contributed by atoms with Gasteiger partial charge in [-0.3, -0.25) is 0 Å². The average molecular weight is 541 g/mol. The second kappa shape index (κ2) is 13.6. The van der Waals surface area contributed by atoms with Gasteiger partial charge >= 0.3 is 0 Å². The van der Waals surface area contributed by atoms with Crippen molar-refractivity contribution in [3.05, 3.63) is 71.0 Å². The Balaban J connectivity index is 0.00000341. The maximum atomic E-state index is 13.8. The molecule has 1 atom stereocenters. The molecule has 2 aromatic rings. The van der Waals surface area contributed by atoms with Crippen molar-refractivity contribution >= 4 is 29.9 Å². The minimum absolute atomic E-state index is 0. The number of ether oxygens (including phenoxy) is 2. The fourth-order valence-corrected chi connectivity index (χ4v) is 3.66.